The van der Waals surface area contributed by atoms with Crippen LogP contribution < -0.4 is 15.5 Å². The predicted molar refractivity (Wildman–Crippen MR) is 150 cm³/mol. The fourth-order valence-electron chi connectivity index (χ4n) is 5.27. The Morgan fingerprint density at radius 3 is 2.58 bits per heavy atom. The number of fused-ring (bicyclic) bond motifs is 2. The summed E-state index contributed by atoms with van der Waals surface area (Å²) in [4.78, 5) is 32.6. The van der Waals surface area contributed by atoms with Crippen molar-refractivity contribution in [3.8, 4) is 0 Å². The van der Waals surface area contributed by atoms with E-state index in [1.165, 1.54) is 0 Å². The lowest BCUT2D eigenvalue weighted by molar-refractivity contribution is 0.0985. The molecule has 1 aromatic heterocycles. The van der Waals surface area contributed by atoms with Gasteiger partial charge in [0.2, 0.25) is 0 Å². The molecule has 0 unspecified atom stereocenters. The molecule has 3 amide bonds. The van der Waals surface area contributed by atoms with Crippen LogP contribution in [0.15, 0.2) is 42.6 Å². The average molecular weight is 516 g/mol. The van der Waals surface area contributed by atoms with Crippen molar-refractivity contribution in [1.82, 2.24) is 24.9 Å². The summed E-state index contributed by atoms with van der Waals surface area (Å²) < 4.78 is 1.80. The summed E-state index contributed by atoms with van der Waals surface area (Å²) in [7, 11) is 1.89. The van der Waals surface area contributed by atoms with E-state index in [9.17, 15) is 9.59 Å². The lowest BCUT2D eigenvalue weighted by Crippen LogP contribution is -2.51. The highest BCUT2D eigenvalue weighted by molar-refractivity contribution is 6.08. The van der Waals surface area contributed by atoms with Gasteiger partial charge in [0.25, 0.3) is 5.91 Å². The smallest absolute Gasteiger partial charge is 0.317 e. The lowest BCUT2D eigenvalue weighted by atomic mass is 10.0. The Hall–Kier alpha value is -3.85. The van der Waals surface area contributed by atoms with Crippen LogP contribution in [0.1, 0.15) is 46.0 Å². The van der Waals surface area contributed by atoms with Gasteiger partial charge in [-0.2, -0.15) is 5.10 Å². The van der Waals surface area contributed by atoms with Crippen LogP contribution >= 0.6 is 0 Å². The van der Waals surface area contributed by atoms with Crippen molar-refractivity contribution in [3.63, 3.8) is 0 Å². The van der Waals surface area contributed by atoms with Gasteiger partial charge in [-0.15, -0.1) is 0 Å². The van der Waals surface area contributed by atoms with E-state index >= 15 is 0 Å². The molecule has 9 heteroatoms. The summed E-state index contributed by atoms with van der Waals surface area (Å²) in [5, 5.41) is 10.9. The van der Waals surface area contributed by atoms with Crippen LogP contribution in [0.5, 0.6) is 0 Å². The average Bonchev–Trinajstić information content (AvgIpc) is 3.16. The fraction of sp³-hybridized carbons (Fsp3) is 0.414. The maximum absolute atomic E-state index is 13.8. The lowest BCUT2D eigenvalue weighted by Gasteiger charge is -2.34. The number of anilines is 3. The summed E-state index contributed by atoms with van der Waals surface area (Å²) in [5.74, 6) is 0.818. The Kier molecular flexibility index (Phi) is 7.37. The van der Waals surface area contributed by atoms with Crippen molar-refractivity contribution >= 4 is 29.1 Å². The van der Waals surface area contributed by atoms with Gasteiger partial charge >= 0.3 is 6.03 Å². The van der Waals surface area contributed by atoms with Gasteiger partial charge in [-0.1, -0.05) is 19.1 Å². The molecule has 200 valence electrons. The van der Waals surface area contributed by atoms with Crippen LogP contribution in [0, 0.1) is 13.8 Å². The number of carbonyl (C=O) groups is 2. The Bertz CT molecular complexity index is 1340. The maximum atomic E-state index is 13.8. The van der Waals surface area contributed by atoms with E-state index in [0.29, 0.717) is 18.7 Å². The van der Waals surface area contributed by atoms with E-state index < -0.39 is 0 Å². The second kappa shape index (κ2) is 10.9. The van der Waals surface area contributed by atoms with Crippen molar-refractivity contribution in [2.24, 2.45) is 7.05 Å². The molecule has 2 aromatic carbocycles. The third-order valence-electron chi connectivity index (χ3n) is 7.50. The van der Waals surface area contributed by atoms with E-state index in [0.717, 1.165) is 78.6 Å². The molecule has 0 spiro atoms. The molecule has 0 aliphatic carbocycles. The standard InChI is InChI=1S/C29H37N7O2/c1-5-10-34-11-13-35(14-12-34)29(38)30-17-23-8-7-22(16-21(23)3)28(37)36-19-24-18-31-33(4)27(24)32-25-15-20(2)6-9-26(25)36/h6-9,15-16,18,32H,5,10-14,17,19H2,1-4H3,(H,30,38). The quantitative estimate of drug-likeness (QED) is 0.533. The number of nitrogens with zero attached hydrogens (tertiary/aromatic N) is 5. The summed E-state index contributed by atoms with van der Waals surface area (Å²) in [6, 6.07) is 11.8. The van der Waals surface area contributed by atoms with Crippen LogP contribution in [-0.4, -0.2) is 64.2 Å². The number of nitrogens with one attached hydrogen (secondary N) is 2. The second-order valence-electron chi connectivity index (χ2n) is 10.3. The van der Waals surface area contributed by atoms with Crippen LogP contribution in [0.2, 0.25) is 0 Å². The Morgan fingerprint density at radius 1 is 1.05 bits per heavy atom. The van der Waals surface area contributed by atoms with Gasteiger partial charge in [0.05, 0.1) is 24.1 Å². The summed E-state index contributed by atoms with van der Waals surface area (Å²) >= 11 is 0. The summed E-state index contributed by atoms with van der Waals surface area (Å²) in [6.45, 7) is 11.5. The number of amides is 3. The highest BCUT2D eigenvalue weighted by atomic mass is 16.2. The van der Waals surface area contributed by atoms with Crippen molar-refractivity contribution < 1.29 is 9.59 Å². The number of hydrogen-bond acceptors (Lipinski definition) is 5. The molecule has 1 saturated heterocycles. The molecule has 0 radical (unpaired) electrons. The zero-order valence-electron chi connectivity index (χ0n) is 22.8. The minimum absolute atomic E-state index is 0.0306. The minimum Gasteiger partial charge on any atom is -0.338 e. The number of piperazine rings is 1. The van der Waals surface area contributed by atoms with Gasteiger partial charge in [-0.3, -0.25) is 14.4 Å². The molecule has 38 heavy (non-hydrogen) atoms. The number of aromatic nitrogens is 2. The summed E-state index contributed by atoms with van der Waals surface area (Å²) in [6.07, 6.45) is 2.94. The first-order chi connectivity index (χ1) is 18.3. The first kappa shape index (κ1) is 25.8. The highest BCUT2D eigenvalue weighted by Gasteiger charge is 2.27. The van der Waals surface area contributed by atoms with Gasteiger partial charge in [0.1, 0.15) is 5.82 Å². The molecule has 2 N–H and O–H groups in total. The topological polar surface area (TPSA) is 85.7 Å². The number of urea groups is 1. The van der Waals surface area contributed by atoms with Crippen LogP contribution in [-0.2, 0) is 20.1 Å². The first-order valence-corrected chi connectivity index (χ1v) is 13.4. The third-order valence-corrected chi connectivity index (χ3v) is 7.50. The van der Waals surface area contributed by atoms with Crippen molar-refractivity contribution in [2.75, 3.05) is 42.9 Å². The van der Waals surface area contributed by atoms with Gasteiger partial charge in [-0.25, -0.2) is 4.79 Å². The SMILES string of the molecule is CCCN1CCN(C(=O)NCc2ccc(C(=O)N3Cc4cnn(C)c4Nc4cc(C)ccc43)cc2C)CC1. The molecule has 3 heterocycles. The monoisotopic (exact) mass is 515 g/mol. The van der Waals surface area contributed by atoms with Gasteiger partial charge in [0, 0.05) is 50.9 Å². The number of aryl methyl sites for hydroxylation is 3. The number of benzene rings is 2. The maximum Gasteiger partial charge on any atom is 0.317 e. The van der Waals surface area contributed by atoms with Crippen LogP contribution in [0.3, 0.4) is 0 Å². The molecule has 9 nitrogen and oxygen atoms in total. The largest absolute Gasteiger partial charge is 0.338 e. The highest BCUT2D eigenvalue weighted by Crippen LogP contribution is 2.37. The van der Waals surface area contributed by atoms with Gasteiger partial charge < -0.3 is 20.4 Å². The van der Waals surface area contributed by atoms with E-state index in [4.69, 9.17) is 0 Å². The molecule has 0 atom stereocenters. The van der Waals surface area contributed by atoms with E-state index in [1.807, 2.05) is 67.2 Å². The molecule has 2 aliphatic rings. The number of hydrogen-bond donors (Lipinski definition) is 2. The first-order valence-electron chi connectivity index (χ1n) is 13.4. The zero-order valence-corrected chi connectivity index (χ0v) is 22.8. The second-order valence-corrected chi connectivity index (χ2v) is 10.3. The van der Waals surface area contributed by atoms with Crippen molar-refractivity contribution in [1.29, 1.82) is 0 Å². The minimum atomic E-state index is -0.0720. The number of carbonyl (C=O) groups excluding carboxylic acids is 2. The zero-order chi connectivity index (χ0) is 26.8. The Balaban J connectivity index is 1.29. The summed E-state index contributed by atoms with van der Waals surface area (Å²) in [5.41, 5.74) is 6.38. The normalized spacial score (nSPS) is 15.4. The van der Waals surface area contributed by atoms with Gasteiger partial charge in [-0.05, 0) is 67.8 Å². The fourth-order valence-corrected chi connectivity index (χ4v) is 5.27. The molecule has 0 saturated carbocycles. The molecular formula is C29H37N7O2. The molecule has 3 aromatic rings. The third kappa shape index (κ3) is 5.24. The van der Waals surface area contributed by atoms with E-state index in [2.05, 4.69) is 33.6 Å². The number of rotatable bonds is 5. The van der Waals surface area contributed by atoms with Crippen molar-refractivity contribution in [2.45, 2.75) is 40.3 Å². The van der Waals surface area contributed by atoms with Crippen LogP contribution in [0.4, 0.5) is 22.0 Å². The van der Waals surface area contributed by atoms with Gasteiger partial charge in [0.15, 0.2) is 0 Å². The van der Waals surface area contributed by atoms with E-state index in [-0.39, 0.29) is 11.9 Å². The Labute approximate surface area is 224 Å². The van der Waals surface area contributed by atoms with Crippen molar-refractivity contribution in [3.05, 3.63) is 70.4 Å². The molecule has 5 rings (SSSR count). The van der Waals surface area contributed by atoms with Crippen LogP contribution in [0.25, 0.3) is 0 Å². The Morgan fingerprint density at radius 2 is 1.84 bits per heavy atom. The molecule has 0 bridgehead atoms. The molecule has 2 aliphatic heterocycles. The molecule has 1 fully saturated rings. The molecular weight excluding hydrogens is 478 g/mol. The van der Waals surface area contributed by atoms with E-state index in [1.54, 1.807) is 4.68 Å². The predicted octanol–water partition coefficient (Wildman–Crippen LogP) is 4.18.